The van der Waals surface area contributed by atoms with Crippen LogP contribution in [0.15, 0.2) is 0 Å². The van der Waals surface area contributed by atoms with Crippen LogP contribution in [0.2, 0.25) is 0 Å². The Morgan fingerprint density at radius 3 is 2.44 bits per heavy atom. The van der Waals surface area contributed by atoms with Crippen molar-refractivity contribution in [1.29, 1.82) is 0 Å². The van der Waals surface area contributed by atoms with E-state index in [4.69, 9.17) is 5.11 Å². The lowest BCUT2D eigenvalue weighted by molar-refractivity contribution is -0.137. The molecular formula is C10H19NO4S. The van der Waals surface area contributed by atoms with Gasteiger partial charge >= 0.3 is 5.97 Å². The van der Waals surface area contributed by atoms with Gasteiger partial charge < -0.3 is 5.11 Å². The molecule has 0 bridgehead atoms. The SMILES string of the molecule is CC(CC(=O)O)NS(=O)(=O)C1CCCCC1. The van der Waals surface area contributed by atoms with E-state index in [1.807, 2.05) is 0 Å². The maximum Gasteiger partial charge on any atom is 0.304 e. The van der Waals surface area contributed by atoms with Crippen molar-refractivity contribution in [3.63, 3.8) is 0 Å². The Labute approximate surface area is 96.3 Å². The smallest absolute Gasteiger partial charge is 0.304 e. The van der Waals surface area contributed by atoms with Crippen LogP contribution >= 0.6 is 0 Å². The third-order valence-corrected chi connectivity index (χ3v) is 4.92. The maximum atomic E-state index is 11.9. The number of hydrogen-bond donors (Lipinski definition) is 2. The van der Waals surface area contributed by atoms with Crippen LogP contribution in [0.4, 0.5) is 0 Å². The molecule has 5 nitrogen and oxygen atoms in total. The Morgan fingerprint density at radius 1 is 1.38 bits per heavy atom. The van der Waals surface area contributed by atoms with E-state index in [0.717, 1.165) is 19.3 Å². The number of hydrogen-bond acceptors (Lipinski definition) is 3. The summed E-state index contributed by atoms with van der Waals surface area (Å²) in [6.45, 7) is 1.58. The zero-order valence-corrected chi connectivity index (χ0v) is 10.3. The van der Waals surface area contributed by atoms with Gasteiger partial charge in [-0.3, -0.25) is 4.79 Å². The van der Waals surface area contributed by atoms with Gasteiger partial charge in [0.25, 0.3) is 0 Å². The average Bonchev–Trinajstić information content (AvgIpc) is 2.16. The fourth-order valence-electron chi connectivity index (χ4n) is 2.06. The highest BCUT2D eigenvalue weighted by Gasteiger charge is 2.28. The van der Waals surface area contributed by atoms with Crippen molar-refractivity contribution < 1.29 is 18.3 Å². The molecule has 16 heavy (non-hydrogen) atoms. The van der Waals surface area contributed by atoms with Gasteiger partial charge in [-0.05, 0) is 19.8 Å². The Bertz CT molecular complexity index is 333. The minimum Gasteiger partial charge on any atom is -0.481 e. The van der Waals surface area contributed by atoms with E-state index in [1.165, 1.54) is 0 Å². The van der Waals surface area contributed by atoms with Crippen LogP contribution in [0, 0.1) is 0 Å². The van der Waals surface area contributed by atoms with Gasteiger partial charge in [-0.15, -0.1) is 0 Å². The first-order valence-electron chi connectivity index (χ1n) is 5.65. The van der Waals surface area contributed by atoms with Gasteiger partial charge in [0.2, 0.25) is 10.0 Å². The molecule has 0 amide bonds. The number of aliphatic carboxylic acids is 1. The monoisotopic (exact) mass is 249 g/mol. The summed E-state index contributed by atoms with van der Waals surface area (Å²) in [5.74, 6) is -0.987. The lowest BCUT2D eigenvalue weighted by Gasteiger charge is -2.23. The molecule has 0 radical (unpaired) electrons. The molecule has 1 aliphatic carbocycles. The summed E-state index contributed by atoms with van der Waals surface area (Å²) in [4.78, 5) is 10.4. The molecule has 1 aliphatic rings. The van der Waals surface area contributed by atoms with Crippen LogP contribution in [-0.2, 0) is 14.8 Å². The number of nitrogens with one attached hydrogen (secondary N) is 1. The molecular weight excluding hydrogens is 230 g/mol. The van der Waals surface area contributed by atoms with E-state index < -0.39 is 22.0 Å². The van der Waals surface area contributed by atoms with Crippen LogP contribution in [-0.4, -0.2) is 30.8 Å². The molecule has 94 valence electrons. The van der Waals surface area contributed by atoms with Gasteiger partial charge in [-0.2, -0.15) is 0 Å². The molecule has 1 unspecified atom stereocenters. The van der Waals surface area contributed by atoms with Crippen molar-refractivity contribution >= 4 is 16.0 Å². The number of carboxylic acids is 1. The predicted octanol–water partition coefficient (Wildman–Crippen LogP) is 1.10. The Morgan fingerprint density at radius 2 is 1.94 bits per heavy atom. The normalized spacial score (nSPS) is 20.6. The highest BCUT2D eigenvalue weighted by Crippen LogP contribution is 2.23. The molecule has 1 rings (SSSR count). The van der Waals surface area contributed by atoms with Crippen LogP contribution in [0.5, 0.6) is 0 Å². The topological polar surface area (TPSA) is 83.5 Å². The molecule has 0 aromatic heterocycles. The summed E-state index contributed by atoms with van der Waals surface area (Å²) in [7, 11) is -3.34. The van der Waals surface area contributed by atoms with Crippen molar-refractivity contribution in [1.82, 2.24) is 4.72 Å². The molecule has 1 atom stereocenters. The van der Waals surface area contributed by atoms with Crippen LogP contribution in [0.1, 0.15) is 45.4 Å². The van der Waals surface area contributed by atoms with Gasteiger partial charge in [0.1, 0.15) is 0 Å². The first-order valence-corrected chi connectivity index (χ1v) is 7.19. The van der Waals surface area contributed by atoms with Gasteiger partial charge in [0.15, 0.2) is 0 Å². The van der Waals surface area contributed by atoms with E-state index in [-0.39, 0.29) is 11.7 Å². The van der Waals surface area contributed by atoms with E-state index in [2.05, 4.69) is 4.72 Å². The highest BCUT2D eigenvalue weighted by atomic mass is 32.2. The second-order valence-corrected chi connectivity index (χ2v) is 6.41. The standard InChI is InChI=1S/C10H19NO4S/c1-8(7-10(12)13)11-16(14,15)9-5-3-2-4-6-9/h8-9,11H,2-7H2,1H3,(H,12,13). The van der Waals surface area contributed by atoms with Crippen molar-refractivity contribution in [3.8, 4) is 0 Å². The van der Waals surface area contributed by atoms with Gasteiger partial charge in [-0.25, -0.2) is 13.1 Å². The molecule has 0 aliphatic heterocycles. The van der Waals surface area contributed by atoms with E-state index >= 15 is 0 Å². The fourth-order valence-corrected chi connectivity index (χ4v) is 3.85. The Hall–Kier alpha value is -0.620. The second kappa shape index (κ2) is 5.63. The maximum absolute atomic E-state index is 11.9. The third-order valence-electron chi connectivity index (χ3n) is 2.84. The Balaban J connectivity index is 2.53. The minimum atomic E-state index is -3.34. The predicted molar refractivity (Wildman–Crippen MR) is 60.6 cm³/mol. The van der Waals surface area contributed by atoms with Crippen molar-refractivity contribution in [3.05, 3.63) is 0 Å². The average molecular weight is 249 g/mol. The molecule has 0 aromatic carbocycles. The summed E-state index contributed by atoms with van der Waals surface area (Å²) in [6, 6.07) is -0.538. The first-order chi connectivity index (χ1) is 7.42. The quantitative estimate of drug-likeness (QED) is 0.764. The molecule has 0 saturated heterocycles. The van der Waals surface area contributed by atoms with E-state index in [0.29, 0.717) is 12.8 Å². The summed E-state index contributed by atoms with van der Waals surface area (Å²) in [5, 5.41) is 8.22. The zero-order valence-electron chi connectivity index (χ0n) is 9.48. The zero-order chi connectivity index (χ0) is 12.2. The van der Waals surface area contributed by atoms with Gasteiger partial charge in [0, 0.05) is 6.04 Å². The van der Waals surface area contributed by atoms with Gasteiger partial charge in [-0.1, -0.05) is 19.3 Å². The van der Waals surface area contributed by atoms with Gasteiger partial charge in [0.05, 0.1) is 11.7 Å². The summed E-state index contributed by atoms with van der Waals surface area (Å²) < 4.78 is 26.2. The molecule has 0 heterocycles. The Kier molecular flexibility index (Phi) is 4.73. The summed E-state index contributed by atoms with van der Waals surface area (Å²) >= 11 is 0. The largest absolute Gasteiger partial charge is 0.481 e. The first kappa shape index (κ1) is 13.4. The van der Waals surface area contributed by atoms with Crippen molar-refractivity contribution in [2.75, 3.05) is 0 Å². The number of carbonyl (C=O) groups is 1. The lowest BCUT2D eigenvalue weighted by atomic mass is 10.0. The fraction of sp³-hybridized carbons (Fsp3) is 0.900. The minimum absolute atomic E-state index is 0.175. The molecule has 6 heteroatoms. The van der Waals surface area contributed by atoms with E-state index in [9.17, 15) is 13.2 Å². The molecule has 2 N–H and O–H groups in total. The van der Waals surface area contributed by atoms with Crippen molar-refractivity contribution in [2.24, 2.45) is 0 Å². The molecule has 0 spiro atoms. The third kappa shape index (κ3) is 4.09. The molecule has 1 fully saturated rings. The van der Waals surface area contributed by atoms with Crippen LogP contribution in [0.3, 0.4) is 0 Å². The highest BCUT2D eigenvalue weighted by molar-refractivity contribution is 7.90. The number of sulfonamides is 1. The molecule has 0 aromatic rings. The summed E-state index contributed by atoms with van der Waals surface area (Å²) in [6.07, 6.45) is 4.19. The summed E-state index contributed by atoms with van der Waals surface area (Å²) in [5.41, 5.74) is 0. The van der Waals surface area contributed by atoms with Crippen LogP contribution < -0.4 is 4.72 Å². The second-order valence-electron chi connectivity index (χ2n) is 4.42. The lowest BCUT2D eigenvalue weighted by Crippen LogP contribution is -2.41. The molecule has 1 saturated carbocycles. The number of carboxylic acid groups (broad SMARTS) is 1. The number of rotatable bonds is 5. The van der Waals surface area contributed by atoms with E-state index in [1.54, 1.807) is 6.92 Å². The van der Waals surface area contributed by atoms with Crippen molar-refractivity contribution in [2.45, 2.75) is 56.7 Å². The van der Waals surface area contributed by atoms with Crippen LogP contribution in [0.25, 0.3) is 0 Å².